The predicted molar refractivity (Wildman–Crippen MR) is 71.5 cm³/mol. The van der Waals surface area contributed by atoms with Crippen molar-refractivity contribution >= 4 is 33.2 Å². The minimum Gasteiger partial charge on any atom is -0.338 e. The van der Waals surface area contributed by atoms with E-state index in [-0.39, 0.29) is 5.91 Å². The fraction of sp³-hybridized carbons (Fsp3) is 0.583. The Bertz CT molecular complexity index is 377. The van der Waals surface area contributed by atoms with Crippen molar-refractivity contribution in [2.75, 3.05) is 18.4 Å². The molecule has 2 heterocycles. The molecule has 0 aliphatic carbocycles. The van der Waals surface area contributed by atoms with Gasteiger partial charge in [-0.1, -0.05) is 15.9 Å². The van der Waals surface area contributed by atoms with Crippen LogP contribution in [0.5, 0.6) is 0 Å². The number of rotatable bonds is 3. The van der Waals surface area contributed by atoms with E-state index in [1.165, 1.54) is 11.3 Å². The van der Waals surface area contributed by atoms with E-state index < -0.39 is 0 Å². The molecule has 2 nitrogen and oxygen atoms in total. The topological polar surface area (TPSA) is 20.3 Å². The van der Waals surface area contributed by atoms with Crippen LogP contribution in [0.1, 0.15) is 27.4 Å². The van der Waals surface area contributed by atoms with Crippen LogP contribution in [-0.2, 0) is 0 Å². The number of carbonyl (C=O) groups excluding carboxylic acids is 1. The summed E-state index contributed by atoms with van der Waals surface area (Å²) in [4.78, 5) is 16.2. The van der Waals surface area contributed by atoms with Crippen LogP contribution in [-0.4, -0.2) is 29.2 Å². The molecule has 2 rings (SSSR count). The van der Waals surface area contributed by atoms with Gasteiger partial charge in [0.2, 0.25) is 0 Å². The Morgan fingerprint density at radius 2 is 2.44 bits per heavy atom. The summed E-state index contributed by atoms with van der Waals surface area (Å²) in [7, 11) is 0. The molecule has 1 aliphatic rings. The molecular formula is C12H16BrNOS. The Hall–Kier alpha value is -0.350. The van der Waals surface area contributed by atoms with E-state index in [1.54, 1.807) is 11.3 Å². The fourth-order valence-corrected chi connectivity index (χ4v) is 3.60. The van der Waals surface area contributed by atoms with Gasteiger partial charge in [-0.25, -0.2) is 0 Å². The van der Waals surface area contributed by atoms with Crippen LogP contribution in [0.3, 0.4) is 0 Å². The molecule has 1 fully saturated rings. The fourth-order valence-electron chi connectivity index (χ4n) is 2.11. The van der Waals surface area contributed by atoms with E-state index in [1.807, 2.05) is 24.0 Å². The van der Waals surface area contributed by atoms with Crippen LogP contribution in [0.15, 0.2) is 12.1 Å². The first-order valence-corrected chi connectivity index (χ1v) is 7.56. The number of thiophene rings is 1. The summed E-state index contributed by atoms with van der Waals surface area (Å²) < 4.78 is 0. The van der Waals surface area contributed by atoms with E-state index in [0.29, 0.717) is 5.92 Å². The number of alkyl halides is 1. The van der Waals surface area contributed by atoms with Gasteiger partial charge in [0.15, 0.2) is 0 Å². The first kappa shape index (κ1) is 12.1. The van der Waals surface area contributed by atoms with E-state index in [4.69, 9.17) is 0 Å². The van der Waals surface area contributed by atoms with Crippen LogP contribution >= 0.6 is 27.3 Å². The molecule has 1 saturated heterocycles. The summed E-state index contributed by atoms with van der Waals surface area (Å²) in [6, 6.07) is 3.96. The third kappa shape index (κ3) is 2.66. The van der Waals surface area contributed by atoms with Crippen molar-refractivity contribution in [3.8, 4) is 0 Å². The summed E-state index contributed by atoms with van der Waals surface area (Å²) in [5, 5.41) is 1.04. The van der Waals surface area contributed by atoms with Gasteiger partial charge in [-0.15, -0.1) is 11.3 Å². The largest absolute Gasteiger partial charge is 0.338 e. The number of aryl methyl sites for hydroxylation is 1. The lowest BCUT2D eigenvalue weighted by molar-refractivity contribution is 0.0792. The predicted octanol–water partition coefficient (Wildman–Crippen LogP) is 3.30. The minimum absolute atomic E-state index is 0.218. The number of likely N-dealkylation sites (tertiary alicyclic amines) is 1. The van der Waals surface area contributed by atoms with Crippen molar-refractivity contribution in [1.29, 1.82) is 0 Å². The van der Waals surface area contributed by atoms with Crippen molar-refractivity contribution in [2.24, 2.45) is 5.92 Å². The Labute approximate surface area is 109 Å². The molecule has 0 spiro atoms. The molecule has 0 bridgehead atoms. The number of amides is 1. The molecule has 88 valence electrons. The zero-order valence-corrected chi connectivity index (χ0v) is 11.8. The van der Waals surface area contributed by atoms with E-state index >= 15 is 0 Å². The lowest BCUT2D eigenvalue weighted by atomic mass is 10.1. The first-order chi connectivity index (χ1) is 7.70. The molecule has 1 aromatic rings. The maximum absolute atomic E-state index is 12.1. The van der Waals surface area contributed by atoms with Gasteiger partial charge in [-0.2, -0.15) is 0 Å². The van der Waals surface area contributed by atoms with Crippen molar-refractivity contribution in [3.05, 3.63) is 21.9 Å². The van der Waals surface area contributed by atoms with Gasteiger partial charge in [0.05, 0.1) is 4.88 Å². The molecule has 1 aromatic heterocycles. The van der Waals surface area contributed by atoms with Crippen LogP contribution in [0, 0.1) is 12.8 Å². The maximum atomic E-state index is 12.1. The van der Waals surface area contributed by atoms with E-state index in [9.17, 15) is 4.79 Å². The molecule has 1 unspecified atom stereocenters. The Kier molecular flexibility index (Phi) is 4.03. The lowest BCUT2D eigenvalue weighted by Gasteiger charge is -2.15. The molecule has 1 atom stereocenters. The summed E-state index contributed by atoms with van der Waals surface area (Å²) in [5.41, 5.74) is 0. The molecule has 0 aromatic carbocycles. The lowest BCUT2D eigenvalue weighted by Crippen LogP contribution is -2.28. The highest BCUT2D eigenvalue weighted by molar-refractivity contribution is 9.09. The molecule has 4 heteroatoms. The molecule has 1 amide bonds. The standard InChI is InChI=1S/C12H16BrNOS/c1-9-2-3-11(16-9)12(15)14-7-5-10(8-14)4-6-13/h2-3,10H,4-8H2,1H3. The Balaban J connectivity index is 1.97. The summed E-state index contributed by atoms with van der Waals surface area (Å²) in [5.74, 6) is 0.902. The van der Waals surface area contributed by atoms with Crippen LogP contribution in [0.2, 0.25) is 0 Å². The summed E-state index contributed by atoms with van der Waals surface area (Å²) in [6.07, 6.45) is 2.33. The van der Waals surface area contributed by atoms with Gasteiger partial charge in [0, 0.05) is 23.3 Å². The van der Waals surface area contributed by atoms with Crippen molar-refractivity contribution < 1.29 is 4.79 Å². The van der Waals surface area contributed by atoms with E-state index in [0.717, 1.165) is 29.7 Å². The first-order valence-electron chi connectivity index (χ1n) is 5.62. The average Bonchev–Trinajstić information content (AvgIpc) is 2.87. The van der Waals surface area contributed by atoms with Crippen molar-refractivity contribution in [3.63, 3.8) is 0 Å². The second kappa shape index (κ2) is 5.32. The average molecular weight is 302 g/mol. The normalized spacial score (nSPS) is 20.4. The third-order valence-corrected chi connectivity index (χ3v) is 4.49. The Morgan fingerprint density at radius 3 is 3.06 bits per heavy atom. The SMILES string of the molecule is Cc1ccc(C(=O)N2CCC(CCBr)C2)s1. The smallest absolute Gasteiger partial charge is 0.263 e. The number of nitrogens with zero attached hydrogens (tertiary/aromatic N) is 1. The van der Waals surface area contributed by atoms with Crippen LogP contribution in [0.25, 0.3) is 0 Å². The van der Waals surface area contributed by atoms with Crippen LogP contribution in [0.4, 0.5) is 0 Å². The third-order valence-electron chi connectivity index (χ3n) is 3.04. The van der Waals surface area contributed by atoms with E-state index in [2.05, 4.69) is 15.9 Å². The molecule has 0 saturated carbocycles. The molecular weight excluding hydrogens is 286 g/mol. The Morgan fingerprint density at radius 1 is 1.62 bits per heavy atom. The van der Waals surface area contributed by atoms with Gasteiger partial charge in [-0.3, -0.25) is 4.79 Å². The maximum Gasteiger partial charge on any atom is 0.263 e. The molecule has 16 heavy (non-hydrogen) atoms. The minimum atomic E-state index is 0.218. The summed E-state index contributed by atoms with van der Waals surface area (Å²) >= 11 is 5.06. The highest BCUT2D eigenvalue weighted by Crippen LogP contribution is 2.24. The van der Waals surface area contributed by atoms with Crippen molar-refractivity contribution in [2.45, 2.75) is 19.8 Å². The van der Waals surface area contributed by atoms with Gasteiger partial charge in [0.1, 0.15) is 0 Å². The number of halogens is 1. The number of carbonyl (C=O) groups is 1. The van der Waals surface area contributed by atoms with Gasteiger partial charge in [-0.05, 0) is 37.8 Å². The van der Waals surface area contributed by atoms with Crippen molar-refractivity contribution in [1.82, 2.24) is 4.90 Å². The van der Waals surface area contributed by atoms with Gasteiger partial charge in [0.25, 0.3) is 5.91 Å². The monoisotopic (exact) mass is 301 g/mol. The quantitative estimate of drug-likeness (QED) is 0.785. The second-order valence-electron chi connectivity index (χ2n) is 4.29. The van der Waals surface area contributed by atoms with Gasteiger partial charge >= 0.3 is 0 Å². The number of hydrogen-bond acceptors (Lipinski definition) is 2. The molecule has 1 aliphatic heterocycles. The van der Waals surface area contributed by atoms with Crippen LogP contribution < -0.4 is 0 Å². The summed E-state index contributed by atoms with van der Waals surface area (Å²) in [6.45, 7) is 3.90. The second-order valence-corrected chi connectivity index (χ2v) is 6.37. The zero-order valence-electron chi connectivity index (χ0n) is 9.41. The molecule has 0 N–H and O–H groups in total. The van der Waals surface area contributed by atoms with Gasteiger partial charge < -0.3 is 4.90 Å². The highest BCUT2D eigenvalue weighted by Gasteiger charge is 2.26. The zero-order chi connectivity index (χ0) is 11.5. The molecule has 0 radical (unpaired) electrons. The number of hydrogen-bond donors (Lipinski definition) is 0. The highest BCUT2D eigenvalue weighted by atomic mass is 79.9.